The van der Waals surface area contributed by atoms with Gasteiger partial charge in [0.25, 0.3) is 0 Å². The van der Waals surface area contributed by atoms with Crippen LogP contribution in [0.1, 0.15) is 19.8 Å². The summed E-state index contributed by atoms with van der Waals surface area (Å²) in [6.45, 7) is 2.26. The Hall–Kier alpha value is -1.36. The number of amides is 2. The zero-order valence-corrected chi connectivity index (χ0v) is 11.9. The summed E-state index contributed by atoms with van der Waals surface area (Å²) in [6, 6.07) is 9.24. The molecular weight excluding hydrogens is 296 g/mol. The van der Waals surface area contributed by atoms with Crippen LogP contribution in [0.25, 0.3) is 0 Å². The highest BCUT2D eigenvalue weighted by Crippen LogP contribution is 2.05. The van der Waals surface area contributed by atoms with E-state index in [1.54, 1.807) is 0 Å². The maximum Gasteiger partial charge on any atom is 0.233 e. The Morgan fingerprint density at radius 2 is 1.94 bits per heavy atom. The SMILES string of the molecule is CC[C@H](Br)C(=O)NCCC(=O)Nc1ccccc1. The Bertz CT molecular complexity index is 395. The number of anilines is 1. The smallest absolute Gasteiger partial charge is 0.233 e. The summed E-state index contributed by atoms with van der Waals surface area (Å²) in [5, 5.41) is 5.46. The average molecular weight is 313 g/mol. The summed E-state index contributed by atoms with van der Waals surface area (Å²) in [7, 11) is 0. The van der Waals surface area contributed by atoms with Crippen LogP contribution in [0.3, 0.4) is 0 Å². The number of para-hydroxylation sites is 1. The summed E-state index contributed by atoms with van der Waals surface area (Å²) < 4.78 is 0. The van der Waals surface area contributed by atoms with E-state index in [1.165, 1.54) is 0 Å². The molecule has 5 heteroatoms. The molecule has 0 saturated carbocycles. The summed E-state index contributed by atoms with van der Waals surface area (Å²) in [6.07, 6.45) is 0.992. The monoisotopic (exact) mass is 312 g/mol. The third-order valence-electron chi connectivity index (χ3n) is 2.35. The van der Waals surface area contributed by atoms with Gasteiger partial charge in [-0.2, -0.15) is 0 Å². The summed E-state index contributed by atoms with van der Waals surface area (Å²) in [4.78, 5) is 22.8. The van der Waals surface area contributed by atoms with Crippen molar-refractivity contribution in [1.82, 2.24) is 5.32 Å². The van der Waals surface area contributed by atoms with Crippen LogP contribution in [0.15, 0.2) is 30.3 Å². The van der Waals surface area contributed by atoms with Gasteiger partial charge in [-0.25, -0.2) is 0 Å². The molecular formula is C13H17BrN2O2. The summed E-state index contributed by atoms with van der Waals surface area (Å²) in [5.41, 5.74) is 0.765. The van der Waals surface area contributed by atoms with Gasteiger partial charge in [-0.15, -0.1) is 0 Å². The van der Waals surface area contributed by atoms with Crippen molar-refractivity contribution in [3.05, 3.63) is 30.3 Å². The van der Waals surface area contributed by atoms with Crippen LogP contribution in [-0.4, -0.2) is 23.2 Å². The third-order valence-corrected chi connectivity index (χ3v) is 3.42. The van der Waals surface area contributed by atoms with Crippen LogP contribution in [0.5, 0.6) is 0 Å². The van der Waals surface area contributed by atoms with E-state index in [9.17, 15) is 9.59 Å². The minimum absolute atomic E-state index is 0.0787. The molecule has 4 nitrogen and oxygen atoms in total. The zero-order valence-electron chi connectivity index (χ0n) is 10.3. The van der Waals surface area contributed by atoms with Gasteiger partial charge in [0.2, 0.25) is 11.8 Å². The molecule has 0 aliphatic carbocycles. The lowest BCUT2D eigenvalue weighted by Crippen LogP contribution is -2.33. The molecule has 0 bridgehead atoms. The van der Waals surface area contributed by atoms with Crippen LogP contribution in [0, 0.1) is 0 Å². The van der Waals surface area contributed by atoms with Gasteiger partial charge in [0.1, 0.15) is 0 Å². The van der Waals surface area contributed by atoms with E-state index in [4.69, 9.17) is 0 Å². The van der Waals surface area contributed by atoms with Gasteiger partial charge in [0, 0.05) is 18.7 Å². The van der Waals surface area contributed by atoms with Gasteiger partial charge in [-0.05, 0) is 18.6 Å². The molecule has 0 heterocycles. The van der Waals surface area contributed by atoms with Crippen molar-refractivity contribution in [3.63, 3.8) is 0 Å². The molecule has 2 N–H and O–H groups in total. The van der Waals surface area contributed by atoms with E-state index in [0.29, 0.717) is 6.54 Å². The van der Waals surface area contributed by atoms with Crippen LogP contribution in [-0.2, 0) is 9.59 Å². The molecule has 2 amide bonds. The van der Waals surface area contributed by atoms with Crippen LogP contribution in [0.4, 0.5) is 5.69 Å². The fourth-order valence-corrected chi connectivity index (χ4v) is 1.50. The number of alkyl halides is 1. The van der Waals surface area contributed by atoms with Gasteiger partial charge in [0.15, 0.2) is 0 Å². The van der Waals surface area contributed by atoms with Crippen LogP contribution in [0.2, 0.25) is 0 Å². The molecule has 1 aromatic carbocycles. The van der Waals surface area contributed by atoms with Gasteiger partial charge in [-0.1, -0.05) is 41.1 Å². The molecule has 0 unspecified atom stereocenters. The third kappa shape index (κ3) is 5.31. The number of benzene rings is 1. The molecule has 0 spiro atoms. The van der Waals surface area contributed by atoms with Crippen molar-refractivity contribution in [1.29, 1.82) is 0 Å². The largest absolute Gasteiger partial charge is 0.355 e. The molecule has 98 valence electrons. The number of hydrogen-bond donors (Lipinski definition) is 2. The van der Waals surface area contributed by atoms with E-state index in [-0.39, 0.29) is 23.1 Å². The van der Waals surface area contributed by atoms with Crippen LogP contribution < -0.4 is 10.6 Å². The second-order valence-corrected chi connectivity index (χ2v) is 4.94. The average Bonchev–Trinajstić information content (AvgIpc) is 2.38. The Morgan fingerprint density at radius 1 is 1.28 bits per heavy atom. The predicted octanol–water partition coefficient (Wildman–Crippen LogP) is 2.30. The zero-order chi connectivity index (χ0) is 13.4. The highest BCUT2D eigenvalue weighted by molar-refractivity contribution is 9.10. The van der Waals surface area contributed by atoms with E-state index >= 15 is 0 Å². The Morgan fingerprint density at radius 3 is 2.56 bits per heavy atom. The lowest BCUT2D eigenvalue weighted by molar-refractivity contribution is -0.120. The van der Waals surface area contributed by atoms with Crippen molar-refractivity contribution in [2.24, 2.45) is 0 Å². The predicted molar refractivity (Wildman–Crippen MR) is 75.7 cm³/mol. The molecule has 1 aromatic rings. The fraction of sp³-hybridized carbons (Fsp3) is 0.385. The molecule has 1 rings (SSSR count). The first-order valence-electron chi connectivity index (χ1n) is 5.90. The molecule has 1 atom stereocenters. The Kier molecular flexibility index (Phi) is 6.43. The summed E-state index contributed by atoms with van der Waals surface area (Å²) >= 11 is 3.25. The first kappa shape index (κ1) is 14.7. The molecule has 0 saturated heterocycles. The minimum atomic E-state index is -0.185. The Balaban J connectivity index is 2.24. The van der Waals surface area contributed by atoms with E-state index in [2.05, 4.69) is 26.6 Å². The van der Waals surface area contributed by atoms with Crippen molar-refractivity contribution >= 4 is 33.4 Å². The minimum Gasteiger partial charge on any atom is -0.355 e. The van der Waals surface area contributed by atoms with E-state index in [0.717, 1.165) is 12.1 Å². The van der Waals surface area contributed by atoms with Crippen molar-refractivity contribution in [3.8, 4) is 0 Å². The Labute approximate surface area is 115 Å². The topological polar surface area (TPSA) is 58.2 Å². The van der Waals surface area contributed by atoms with Crippen molar-refractivity contribution < 1.29 is 9.59 Å². The first-order valence-corrected chi connectivity index (χ1v) is 6.81. The lowest BCUT2D eigenvalue weighted by Gasteiger charge is -2.09. The van der Waals surface area contributed by atoms with Gasteiger partial charge < -0.3 is 10.6 Å². The first-order chi connectivity index (χ1) is 8.63. The second-order valence-electron chi connectivity index (χ2n) is 3.83. The van der Waals surface area contributed by atoms with Gasteiger partial charge >= 0.3 is 0 Å². The van der Waals surface area contributed by atoms with Gasteiger partial charge in [0.05, 0.1) is 4.83 Å². The van der Waals surface area contributed by atoms with Gasteiger partial charge in [-0.3, -0.25) is 9.59 Å². The second kappa shape index (κ2) is 7.87. The highest BCUT2D eigenvalue weighted by atomic mass is 79.9. The number of hydrogen-bond acceptors (Lipinski definition) is 2. The highest BCUT2D eigenvalue weighted by Gasteiger charge is 2.11. The maximum atomic E-state index is 11.6. The molecule has 18 heavy (non-hydrogen) atoms. The fourth-order valence-electron chi connectivity index (χ4n) is 1.34. The quantitative estimate of drug-likeness (QED) is 0.792. The molecule has 0 aromatic heterocycles. The lowest BCUT2D eigenvalue weighted by atomic mass is 10.3. The number of nitrogens with one attached hydrogen (secondary N) is 2. The van der Waals surface area contributed by atoms with Crippen LogP contribution >= 0.6 is 15.9 Å². The van der Waals surface area contributed by atoms with Crippen molar-refractivity contribution in [2.45, 2.75) is 24.6 Å². The number of carbonyl (C=O) groups excluding carboxylic acids is 2. The normalized spacial score (nSPS) is 11.7. The van der Waals surface area contributed by atoms with E-state index < -0.39 is 0 Å². The molecule has 0 radical (unpaired) electrons. The summed E-state index contributed by atoms with van der Waals surface area (Å²) in [5.74, 6) is -0.186. The molecule has 0 aliphatic rings. The molecule has 0 aliphatic heterocycles. The maximum absolute atomic E-state index is 11.6. The standard InChI is InChI=1S/C13H17BrN2O2/c1-2-11(14)13(18)15-9-8-12(17)16-10-6-4-3-5-7-10/h3-7,11H,2,8-9H2,1H3,(H,15,18)(H,16,17)/t11-/m0/s1. The number of carbonyl (C=O) groups is 2. The molecule has 0 fully saturated rings. The van der Waals surface area contributed by atoms with E-state index in [1.807, 2.05) is 37.3 Å². The van der Waals surface area contributed by atoms with Crippen molar-refractivity contribution in [2.75, 3.05) is 11.9 Å². The number of rotatable bonds is 6. The number of halogens is 1.